The van der Waals surface area contributed by atoms with Gasteiger partial charge in [0, 0.05) is 37.9 Å². The molecule has 1 atom stereocenters. The Balaban J connectivity index is 1.66. The van der Waals surface area contributed by atoms with Gasteiger partial charge in [0.25, 0.3) is 5.56 Å². The Morgan fingerprint density at radius 3 is 2.64 bits per heavy atom. The second-order valence-corrected chi connectivity index (χ2v) is 7.58. The Morgan fingerprint density at radius 2 is 1.96 bits per heavy atom. The summed E-state index contributed by atoms with van der Waals surface area (Å²) in [6.45, 7) is 2.45. The number of likely N-dealkylation sites (N-methyl/N-ethyl adjacent to an activating group) is 1. The minimum Gasteiger partial charge on any atom is -0.370 e. The predicted octanol–water partition coefficient (Wildman–Crippen LogP) is 2.45. The Labute approximate surface area is 160 Å². The van der Waals surface area contributed by atoms with Crippen molar-refractivity contribution >= 4 is 11.4 Å². The number of hydrogen-bond acceptors (Lipinski definition) is 5. The van der Waals surface area contributed by atoms with E-state index in [2.05, 4.69) is 29.0 Å². The maximum absolute atomic E-state index is 13.4. The number of nitrogens with zero attached hydrogens (tertiary/aromatic N) is 4. The molecule has 0 radical (unpaired) electrons. The largest absolute Gasteiger partial charge is 0.423 e. The van der Waals surface area contributed by atoms with E-state index in [0.717, 1.165) is 42.5 Å². The quantitative estimate of drug-likeness (QED) is 0.868. The number of rotatable bonds is 3. The van der Waals surface area contributed by atoms with Crippen LogP contribution in [0.5, 0.6) is 0 Å². The van der Waals surface area contributed by atoms with Crippen molar-refractivity contribution in [1.82, 2.24) is 15.1 Å². The average Bonchev–Trinajstić information content (AvgIpc) is 3.27. The van der Waals surface area contributed by atoms with E-state index in [1.165, 1.54) is 0 Å². The molecule has 28 heavy (non-hydrogen) atoms. The zero-order chi connectivity index (χ0) is 20.1. The lowest BCUT2D eigenvalue weighted by Gasteiger charge is -2.24. The van der Waals surface area contributed by atoms with E-state index < -0.39 is 17.3 Å². The molecule has 6 nitrogen and oxygen atoms in total. The summed E-state index contributed by atoms with van der Waals surface area (Å²) in [6, 6.07) is 6.37. The van der Waals surface area contributed by atoms with Crippen molar-refractivity contribution in [3.8, 4) is 0 Å². The van der Waals surface area contributed by atoms with Crippen molar-refractivity contribution in [3.05, 3.63) is 51.4 Å². The van der Waals surface area contributed by atoms with Gasteiger partial charge in [0.1, 0.15) is 5.56 Å². The molecule has 1 fully saturated rings. The van der Waals surface area contributed by atoms with E-state index in [4.69, 9.17) is 0 Å². The molecule has 9 heteroatoms. The van der Waals surface area contributed by atoms with Crippen molar-refractivity contribution in [2.75, 3.05) is 37.0 Å². The van der Waals surface area contributed by atoms with Crippen molar-refractivity contribution < 1.29 is 13.2 Å². The van der Waals surface area contributed by atoms with Gasteiger partial charge in [-0.25, -0.2) is 5.10 Å². The maximum Gasteiger partial charge on any atom is 0.423 e. The van der Waals surface area contributed by atoms with Crippen LogP contribution in [0.4, 0.5) is 24.5 Å². The van der Waals surface area contributed by atoms with Gasteiger partial charge in [-0.3, -0.25) is 4.79 Å². The molecule has 1 aromatic heterocycles. The van der Waals surface area contributed by atoms with Crippen molar-refractivity contribution in [1.29, 1.82) is 0 Å². The van der Waals surface area contributed by atoms with Crippen molar-refractivity contribution in [2.24, 2.45) is 0 Å². The minimum absolute atomic E-state index is 0.175. The van der Waals surface area contributed by atoms with Crippen molar-refractivity contribution in [3.63, 3.8) is 0 Å². The van der Waals surface area contributed by atoms with Gasteiger partial charge in [-0.15, -0.1) is 0 Å². The first-order valence-electron chi connectivity index (χ1n) is 9.17. The zero-order valence-corrected chi connectivity index (χ0v) is 15.8. The summed E-state index contributed by atoms with van der Waals surface area (Å²) in [6.07, 6.45) is -2.60. The minimum atomic E-state index is -4.74. The summed E-state index contributed by atoms with van der Waals surface area (Å²) >= 11 is 0. The van der Waals surface area contributed by atoms with E-state index in [1.807, 2.05) is 23.3 Å². The van der Waals surface area contributed by atoms with Crippen LogP contribution in [-0.4, -0.2) is 48.3 Å². The molecule has 0 amide bonds. The lowest BCUT2D eigenvalue weighted by molar-refractivity contribution is -0.138. The van der Waals surface area contributed by atoms with Crippen LogP contribution in [0.25, 0.3) is 0 Å². The van der Waals surface area contributed by atoms with Gasteiger partial charge in [-0.05, 0) is 37.7 Å². The Bertz CT molecular complexity index is 940. The normalized spacial score (nSPS) is 19.6. The molecule has 4 rings (SSSR count). The van der Waals surface area contributed by atoms with Gasteiger partial charge in [-0.2, -0.15) is 18.3 Å². The third kappa shape index (κ3) is 3.23. The highest BCUT2D eigenvalue weighted by Crippen LogP contribution is 2.39. The van der Waals surface area contributed by atoms with Gasteiger partial charge >= 0.3 is 6.18 Å². The third-order valence-electron chi connectivity index (χ3n) is 5.65. The molecule has 1 N–H and O–H groups in total. The van der Waals surface area contributed by atoms with Crippen LogP contribution in [0.1, 0.15) is 23.1 Å². The molecule has 0 aliphatic carbocycles. The number of H-pyrrole nitrogens is 1. The van der Waals surface area contributed by atoms with Gasteiger partial charge in [0.05, 0.1) is 11.9 Å². The molecule has 1 aromatic carbocycles. The highest BCUT2D eigenvalue weighted by molar-refractivity contribution is 5.64. The zero-order valence-electron chi connectivity index (χ0n) is 15.8. The van der Waals surface area contributed by atoms with Crippen LogP contribution in [0.3, 0.4) is 0 Å². The summed E-state index contributed by atoms with van der Waals surface area (Å²) in [5, 5.41) is 5.50. The summed E-state index contributed by atoms with van der Waals surface area (Å²) in [7, 11) is 4.12. The number of hydrogen-bond donors (Lipinski definition) is 1. The second kappa shape index (κ2) is 6.80. The van der Waals surface area contributed by atoms with Crippen LogP contribution >= 0.6 is 0 Å². The number of aromatic nitrogens is 2. The lowest BCUT2D eigenvalue weighted by Crippen LogP contribution is -2.31. The third-order valence-corrected chi connectivity index (χ3v) is 5.65. The monoisotopic (exact) mass is 393 g/mol. The fourth-order valence-electron chi connectivity index (χ4n) is 4.16. The number of fused-ring (bicyclic) bond motifs is 1. The van der Waals surface area contributed by atoms with Crippen LogP contribution in [0.15, 0.2) is 29.2 Å². The summed E-state index contributed by atoms with van der Waals surface area (Å²) in [5.74, 6) is 0. The first-order valence-corrected chi connectivity index (χ1v) is 9.17. The fourth-order valence-corrected chi connectivity index (χ4v) is 4.16. The SMILES string of the molecule is CN(C)C1CCN(c2cccc3c2CN(c2cn[nH]c(=O)c2C(F)(F)F)C3)C1. The highest BCUT2D eigenvalue weighted by Gasteiger charge is 2.40. The van der Waals surface area contributed by atoms with E-state index in [-0.39, 0.29) is 5.69 Å². The number of nitrogens with one attached hydrogen (secondary N) is 1. The first-order chi connectivity index (χ1) is 13.3. The maximum atomic E-state index is 13.4. The smallest absolute Gasteiger partial charge is 0.370 e. The van der Waals surface area contributed by atoms with Crippen molar-refractivity contribution in [2.45, 2.75) is 31.7 Å². The van der Waals surface area contributed by atoms with Gasteiger partial charge in [0.15, 0.2) is 0 Å². The molecule has 3 heterocycles. The van der Waals surface area contributed by atoms with Crippen LogP contribution in [-0.2, 0) is 19.3 Å². The number of benzene rings is 1. The Hall–Kier alpha value is -2.55. The molecule has 1 unspecified atom stereocenters. The Morgan fingerprint density at radius 1 is 1.18 bits per heavy atom. The van der Waals surface area contributed by atoms with E-state index in [1.54, 1.807) is 4.90 Å². The predicted molar refractivity (Wildman–Crippen MR) is 100 cm³/mol. The van der Waals surface area contributed by atoms with Gasteiger partial charge in [0.2, 0.25) is 0 Å². The molecular formula is C19H22F3N5O. The van der Waals surface area contributed by atoms with E-state index in [0.29, 0.717) is 19.1 Å². The Kier molecular flexibility index (Phi) is 4.57. The number of alkyl halides is 3. The molecule has 0 saturated carbocycles. The molecule has 150 valence electrons. The van der Waals surface area contributed by atoms with Gasteiger partial charge in [-0.1, -0.05) is 12.1 Å². The molecule has 2 aromatic rings. The summed E-state index contributed by atoms with van der Waals surface area (Å²) in [4.78, 5) is 17.9. The topological polar surface area (TPSA) is 55.5 Å². The van der Waals surface area contributed by atoms with Crippen LogP contribution in [0.2, 0.25) is 0 Å². The fraction of sp³-hybridized carbons (Fsp3) is 0.474. The summed E-state index contributed by atoms with van der Waals surface area (Å²) in [5.41, 5.74) is 0.497. The van der Waals surface area contributed by atoms with E-state index in [9.17, 15) is 18.0 Å². The first kappa shape index (κ1) is 18.8. The number of aromatic amines is 1. The molecule has 0 bridgehead atoms. The molecule has 0 spiro atoms. The van der Waals surface area contributed by atoms with Gasteiger partial charge < -0.3 is 14.7 Å². The van der Waals surface area contributed by atoms with Crippen LogP contribution < -0.4 is 15.4 Å². The second-order valence-electron chi connectivity index (χ2n) is 7.58. The summed E-state index contributed by atoms with van der Waals surface area (Å²) < 4.78 is 40.3. The average molecular weight is 393 g/mol. The number of halogens is 3. The molecule has 2 aliphatic heterocycles. The van der Waals surface area contributed by atoms with E-state index >= 15 is 0 Å². The highest BCUT2D eigenvalue weighted by atomic mass is 19.4. The lowest BCUT2D eigenvalue weighted by atomic mass is 10.1. The molecule has 2 aliphatic rings. The molecular weight excluding hydrogens is 371 g/mol. The van der Waals surface area contributed by atoms with Crippen LogP contribution in [0, 0.1) is 0 Å². The number of anilines is 2. The molecule has 1 saturated heterocycles. The standard InChI is InChI=1S/C19H22F3N5O/c1-25(2)13-6-7-26(10-13)15-5-3-4-12-9-27(11-14(12)15)16-8-23-24-18(28)17(16)19(20,21)22/h3-5,8,13H,6-7,9-11H2,1-2H3,(H,24,28).